The van der Waals surface area contributed by atoms with Crippen LogP contribution in [0.5, 0.6) is 5.75 Å². The van der Waals surface area contributed by atoms with Gasteiger partial charge in [0.1, 0.15) is 24.7 Å². The van der Waals surface area contributed by atoms with Crippen molar-refractivity contribution in [3.05, 3.63) is 113 Å². The van der Waals surface area contributed by atoms with Crippen LogP contribution in [0.15, 0.2) is 90.9 Å². The highest BCUT2D eigenvalue weighted by Gasteiger charge is 2.39. The van der Waals surface area contributed by atoms with Crippen molar-refractivity contribution >= 4 is 12.1 Å². The predicted octanol–water partition coefficient (Wildman–Crippen LogP) is 4.97. The molecule has 184 valence electrons. The number of nitrogens with zero attached hydrogens (tertiary/aromatic N) is 1. The van der Waals surface area contributed by atoms with Crippen molar-refractivity contribution < 1.29 is 33.6 Å². The van der Waals surface area contributed by atoms with Crippen molar-refractivity contribution in [3.8, 4) is 5.75 Å². The highest BCUT2D eigenvalue weighted by atomic mass is 16.7. The molecule has 8 nitrogen and oxygen atoms in total. The van der Waals surface area contributed by atoms with Crippen molar-refractivity contribution in [2.75, 3.05) is 13.2 Å². The third-order valence-electron chi connectivity index (χ3n) is 6.07. The molecule has 0 fully saturated rings. The third-order valence-corrected chi connectivity index (χ3v) is 6.07. The molecule has 0 aromatic heterocycles. The number of ether oxygens (including phenoxy) is 4. The Kier molecular flexibility index (Phi) is 6.75. The van der Waals surface area contributed by atoms with Gasteiger partial charge in [0, 0.05) is 6.54 Å². The number of carboxylic acids is 1. The first-order chi connectivity index (χ1) is 17.6. The molecule has 2 heterocycles. The number of hydrogen-bond donors (Lipinski definition) is 1. The molecule has 3 aromatic carbocycles. The fourth-order valence-electron chi connectivity index (χ4n) is 4.39. The summed E-state index contributed by atoms with van der Waals surface area (Å²) in [6.07, 6.45) is 0.900. The molecule has 2 aliphatic heterocycles. The van der Waals surface area contributed by atoms with Gasteiger partial charge in [-0.05, 0) is 35.2 Å². The summed E-state index contributed by atoms with van der Waals surface area (Å²) in [6.45, 7) is 0.137. The summed E-state index contributed by atoms with van der Waals surface area (Å²) in [4.78, 5) is 25.8. The number of para-hydroxylation sites is 1. The number of rotatable bonds is 7. The van der Waals surface area contributed by atoms with Crippen LogP contribution in [-0.2, 0) is 32.0 Å². The maximum atomic E-state index is 13.2. The average Bonchev–Trinajstić information content (AvgIpc) is 3.40. The zero-order valence-electron chi connectivity index (χ0n) is 19.4. The first-order valence-electron chi connectivity index (χ1n) is 11.6. The molecule has 36 heavy (non-hydrogen) atoms. The van der Waals surface area contributed by atoms with Gasteiger partial charge in [0.2, 0.25) is 0 Å². The van der Waals surface area contributed by atoms with E-state index in [0.29, 0.717) is 30.0 Å². The van der Waals surface area contributed by atoms with Crippen molar-refractivity contribution in [1.82, 2.24) is 4.90 Å². The van der Waals surface area contributed by atoms with Gasteiger partial charge in [-0.25, -0.2) is 9.59 Å². The number of benzene rings is 3. The highest BCUT2D eigenvalue weighted by Crippen LogP contribution is 2.43. The molecule has 1 N–H and O–H groups in total. The number of aliphatic carboxylic acids is 1. The molecule has 2 unspecified atom stereocenters. The molecule has 8 heteroatoms. The van der Waals surface area contributed by atoms with Gasteiger partial charge < -0.3 is 24.1 Å². The predicted molar refractivity (Wildman–Crippen MR) is 129 cm³/mol. The highest BCUT2D eigenvalue weighted by molar-refractivity contribution is 5.70. The average molecular weight is 488 g/mol. The summed E-state index contributed by atoms with van der Waals surface area (Å²) in [7, 11) is 0. The number of hydrogen-bond acceptors (Lipinski definition) is 6. The van der Waals surface area contributed by atoms with Crippen LogP contribution in [-0.4, -0.2) is 35.2 Å². The Hall–Kier alpha value is -4.46. The second-order valence-corrected chi connectivity index (χ2v) is 8.41. The third kappa shape index (κ3) is 4.98. The fourth-order valence-corrected chi connectivity index (χ4v) is 4.39. The van der Waals surface area contributed by atoms with E-state index in [1.165, 1.54) is 6.26 Å². The lowest BCUT2D eigenvalue weighted by Crippen LogP contribution is -2.41. The molecule has 0 spiro atoms. The lowest BCUT2D eigenvalue weighted by Gasteiger charge is -2.36. The molecule has 0 saturated heterocycles. The second-order valence-electron chi connectivity index (χ2n) is 8.41. The Morgan fingerprint density at radius 1 is 0.944 bits per heavy atom. The zero-order valence-corrected chi connectivity index (χ0v) is 19.4. The summed E-state index contributed by atoms with van der Waals surface area (Å²) in [5.74, 6) is -0.278. The lowest BCUT2D eigenvalue weighted by atomic mass is 9.92. The standard InChI is InChI=1S/C28H25NO7/c30-25(31)18-33-23-13-7-6-12-22(23)27-34-17-24(36-27)26-21-11-5-4-10-20(21)14-15-29(26)28(32)35-16-19-8-2-1-3-9-19/h1-13,17,26-27H,14-16,18H2,(H,30,31). The number of carbonyl (C=O) groups excluding carboxylic acids is 1. The SMILES string of the molecule is O=C(O)COc1ccccc1C1OC=C(C2c3ccccc3CCN2C(=O)OCc2ccccc2)O1. The maximum absolute atomic E-state index is 13.2. The fraction of sp³-hybridized carbons (Fsp3) is 0.214. The summed E-state index contributed by atoms with van der Waals surface area (Å²) >= 11 is 0. The van der Waals surface area contributed by atoms with Crippen LogP contribution >= 0.6 is 0 Å². The van der Waals surface area contributed by atoms with E-state index >= 15 is 0 Å². The minimum absolute atomic E-state index is 0.165. The summed E-state index contributed by atoms with van der Waals surface area (Å²) in [5.41, 5.74) is 3.50. The van der Waals surface area contributed by atoms with E-state index in [9.17, 15) is 9.59 Å². The minimum Gasteiger partial charge on any atom is -0.481 e. The van der Waals surface area contributed by atoms with Gasteiger partial charge in [-0.1, -0.05) is 66.7 Å². The van der Waals surface area contributed by atoms with E-state index in [1.54, 1.807) is 29.2 Å². The van der Waals surface area contributed by atoms with Crippen LogP contribution in [0.3, 0.4) is 0 Å². The normalized spacial score (nSPS) is 18.3. The monoisotopic (exact) mass is 487 g/mol. The Balaban J connectivity index is 1.37. The molecule has 0 bridgehead atoms. The van der Waals surface area contributed by atoms with Gasteiger partial charge in [0.15, 0.2) is 12.4 Å². The Labute approximate surface area is 208 Å². The number of carbonyl (C=O) groups is 2. The van der Waals surface area contributed by atoms with E-state index in [0.717, 1.165) is 16.7 Å². The molecular formula is C28H25NO7. The van der Waals surface area contributed by atoms with Crippen molar-refractivity contribution in [1.29, 1.82) is 0 Å². The Bertz CT molecular complexity index is 1270. The van der Waals surface area contributed by atoms with E-state index in [2.05, 4.69) is 0 Å². The van der Waals surface area contributed by atoms with Crippen LogP contribution in [0.2, 0.25) is 0 Å². The quantitative estimate of drug-likeness (QED) is 0.503. The zero-order chi connectivity index (χ0) is 24.9. The van der Waals surface area contributed by atoms with E-state index in [-0.39, 0.29) is 6.61 Å². The lowest BCUT2D eigenvalue weighted by molar-refractivity contribution is -0.139. The molecule has 1 amide bonds. The summed E-state index contributed by atoms with van der Waals surface area (Å²) in [5, 5.41) is 8.99. The maximum Gasteiger partial charge on any atom is 0.411 e. The van der Waals surface area contributed by atoms with E-state index in [4.69, 9.17) is 24.1 Å². The van der Waals surface area contributed by atoms with Gasteiger partial charge in [-0.2, -0.15) is 0 Å². The summed E-state index contributed by atoms with van der Waals surface area (Å²) < 4.78 is 23.1. The van der Waals surface area contributed by atoms with Crippen LogP contribution in [0, 0.1) is 0 Å². The molecule has 5 rings (SSSR count). The van der Waals surface area contributed by atoms with Crippen molar-refractivity contribution in [2.45, 2.75) is 25.4 Å². The number of fused-ring (bicyclic) bond motifs is 1. The largest absolute Gasteiger partial charge is 0.481 e. The number of carboxylic acid groups (broad SMARTS) is 1. The van der Waals surface area contributed by atoms with Crippen molar-refractivity contribution in [2.24, 2.45) is 0 Å². The molecule has 2 atom stereocenters. The van der Waals surface area contributed by atoms with Crippen LogP contribution in [0.4, 0.5) is 4.79 Å². The van der Waals surface area contributed by atoms with Gasteiger partial charge in [-0.15, -0.1) is 0 Å². The van der Waals surface area contributed by atoms with E-state index < -0.39 is 31.0 Å². The van der Waals surface area contributed by atoms with Gasteiger partial charge >= 0.3 is 12.1 Å². The smallest absolute Gasteiger partial charge is 0.411 e. The minimum atomic E-state index is -1.08. The van der Waals surface area contributed by atoms with Crippen molar-refractivity contribution in [3.63, 3.8) is 0 Å². The van der Waals surface area contributed by atoms with Crippen LogP contribution in [0.1, 0.15) is 34.6 Å². The molecule has 0 radical (unpaired) electrons. The van der Waals surface area contributed by atoms with Crippen LogP contribution < -0.4 is 4.74 Å². The molecule has 3 aromatic rings. The second kappa shape index (κ2) is 10.4. The number of amides is 1. The van der Waals surface area contributed by atoms with Gasteiger partial charge in [-0.3, -0.25) is 4.90 Å². The van der Waals surface area contributed by atoms with E-state index in [1.807, 2.05) is 54.6 Å². The molecule has 0 aliphatic carbocycles. The topological polar surface area (TPSA) is 94.5 Å². The van der Waals surface area contributed by atoms with Gasteiger partial charge in [0.05, 0.1) is 5.56 Å². The molecule has 0 saturated carbocycles. The first-order valence-corrected chi connectivity index (χ1v) is 11.6. The molecule has 2 aliphatic rings. The van der Waals surface area contributed by atoms with Gasteiger partial charge in [0.25, 0.3) is 6.29 Å². The summed E-state index contributed by atoms with van der Waals surface area (Å²) in [6, 6.07) is 23.8. The Morgan fingerprint density at radius 2 is 1.67 bits per heavy atom. The Morgan fingerprint density at radius 3 is 2.47 bits per heavy atom. The first kappa shape index (κ1) is 23.3. The van der Waals surface area contributed by atoms with Crippen LogP contribution in [0.25, 0.3) is 0 Å². The molecular weight excluding hydrogens is 462 g/mol.